The maximum atomic E-state index is 11.3. The van der Waals surface area contributed by atoms with Crippen LogP contribution in [-0.2, 0) is 15.0 Å². The summed E-state index contributed by atoms with van der Waals surface area (Å²) in [4.78, 5) is 22.2. The van der Waals surface area contributed by atoms with Gasteiger partial charge in [-0.25, -0.2) is 0 Å². The molecule has 0 saturated heterocycles. The highest BCUT2D eigenvalue weighted by Crippen LogP contribution is 2.56. The minimum Gasteiger partial charge on any atom is -0.481 e. The van der Waals surface area contributed by atoms with Gasteiger partial charge in [-0.05, 0) is 18.1 Å². The molecule has 0 bridgehead atoms. The van der Waals surface area contributed by atoms with Gasteiger partial charge in [0, 0.05) is 4.47 Å². The van der Waals surface area contributed by atoms with E-state index in [0.717, 1.165) is 0 Å². The van der Waals surface area contributed by atoms with E-state index in [0.29, 0.717) is 10.0 Å². The van der Waals surface area contributed by atoms with Gasteiger partial charge in [-0.2, -0.15) is 0 Å². The number of carboxylic acid groups (broad SMARTS) is 2. The lowest BCUT2D eigenvalue weighted by Crippen LogP contribution is -2.25. The summed E-state index contributed by atoms with van der Waals surface area (Å²) in [7, 11) is 0. The van der Waals surface area contributed by atoms with Crippen LogP contribution in [0.4, 0.5) is 0 Å². The molecule has 1 aromatic carbocycles. The first kappa shape index (κ1) is 11.1. The van der Waals surface area contributed by atoms with Crippen molar-refractivity contribution in [2.75, 3.05) is 0 Å². The molecule has 4 nitrogen and oxygen atoms in total. The Hall–Kier alpha value is -1.36. The van der Waals surface area contributed by atoms with Crippen molar-refractivity contribution in [3.63, 3.8) is 0 Å². The smallest absolute Gasteiger partial charge is 0.315 e. The zero-order valence-electron chi connectivity index (χ0n) is 8.18. The van der Waals surface area contributed by atoms with E-state index >= 15 is 0 Å². The SMILES string of the molecule is O=C(O)C1CC1(C(=O)O)c1ccccc1Br. The second-order valence-corrected chi connectivity index (χ2v) is 4.71. The van der Waals surface area contributed by atoms with Crippen LogP contribution in [0.5, 0.6) is 0 Å². The molecule has 0 heterocycles. The van der Waals surface area contributed by atoms with Crippen molar-refractivity contribution in [1.29, 1.82) is 0 Å². The summed E-state index contributed by atoms with van der Waals surface area (Å²) < 4.78 is 0.640. The molecular weight excluding hydrogens is 276 g/mol. The van der Waals surface area contributed by atoms with E-state index in [1.54, 1.807) is 24.3 Å². The Bertz CT molecular complexity index is 471. The van der Waals surface area contributed by atoms with Gasteiger partial charge in [0.1, 0.15) is 5.41 Å². The quantitative estimate of drug-likeness (QED) is 0.889. The fourth-order valence-electron chi connectivity index (χ4n) is 2.03. The minimum atomic E-state index is -1.26. The molecule has 2 unspecified atom stereocenters. The van der Waals surface area contributed by atoms with E-state index < -0.39 is 23.3 Å². The topological polar surface area (TPSA) is 74.6 Å². The molecular formula is C11H9BrO4. The van der Waals surface area contributed by atoms with E-state index in [2.05, 4.69) is 15.9 Å². The van der Waals surface area contributed by atoms with Crippen molar-refractivity contribution in [3.8, 4) is 0 Å². The van der Waals surface area contributed by atoms with Gasteiger partial charge in [-0.1, -0.05) is 34.1 Å². The number of halogens is 1. The zero-order valence-corrected chi connectivity index (χ0v) is 9.77. The summed E-state index contributed by atoms with van der Waals surface area (Å²) in [5, 5.41) is 18.1. The van der Waals surface area contributed by atoms with Crippen molar-refractivity contribution < 1.29 is 19.8 Å². The lowest BCUT2D eigenvalue weighted by molar-refractivity contribution is -0.145. The largest absolute Gasteiger partial charge is 0.481 e. The summed E-state index contributed by atoms with van der Waals surface area (Å²) in [6, 6.07) is 6.85. The number of aliphatic carboxylic acids is 2. The Morgan fingerprint density at radius 2 is 1.94 bits per heavy atom. The summed E-state index contributed by atoms with van der Waals surface area (Å²) in [5.41, 5.74) is -0.721. The van der Waals surface area contributed by atoms with Gasteiger partial charge in [0.2, 0.25) is 0 Å². The van der Waals surface area contributed by atoms with E-state index in [-0.39, 0.29) is 6.42 Å². The molecule has 1 fully saturated rings. The molecule has 2 rings (SSSR count). The first-order chi connectivity index (χ1) is 7.50. The van der Waals surface area contributed by atoms with Crippen molar-refractivity contribution >= 4 is 27.9 Å². The fraction of sp³-hybridized carbons (Fsp3) is 0.273. The van der Waals surface area contributed by atoms with Gasteiger partial charge < -0.3 is 10.2 Å². The van der Waals surface area contributed by atoms with Crippen LogP contribution in [0, 0.1) is 5.92 Å². The monoisotopic (exact) mass is 284 g/mol. The van der Waals surface area contributed by atoms with Crippen LogP contribution in [0.3, 0.4) is 0 Å². The Kier molecular flexibility index (Phi) is 2.50. The van der Waals surface area contributed by atoms with Crippen molar-refractivity contribution in [2.45, 2.75) is 11.8 Å². The van der Waals surface area contributed by atoms with Crippen LogP contribution in [0.15, 0.2) is 28.7 Å². The van der Waals surface area contributed by atoms with Crippen molar-refractivity contribution in [2.24, 2.45) is 5.92 Å². The Labute approximate surface area is 100 Å². The average Bonchev–Trinajstić information content (AvgIpc) is 2.94. The predicted molar refractivity (Wildman–Crippen MR) is 59.2 cm³/mol. The number of carbonyl (C=O) groups is 2. The first-order valence-electron chi connectivity index (χ1n) is 4.71. The third kappa shape index (κ3) is 1.43. The highest BCUT2D eigenvalue weighted by atomic mass is 79.9. The van der Waals surface area contributed by atoms with Crippen LogP contribution in [0.1, 0.15) is 12.0 Å². The molecule has 84 valence electrons. The highest BCUT2D eigenvalue weighted by Gasteiger charge is 2.66. The maximum Gasteiger partial charge on any atom is 0.315 e. The standard InChI is InChI=1S/C11H9BrO4/c12-8-4-2-1-3-6(8)11(10(15)16)5-7(11)9(13)14/h1-4,7H,5H2,(H,13,14)(H,15,16). The molecule has 0 aromatic heterocycles. The number of carboxylic acids is 2. The Balaban J connectivity index is 2.49. The molecule has 0 spiro atoms. The third-order valence-electron chi connectivity index (χ3n) is 3.00. The van der Waals surface area contributed by atoms with E-state index in [1.807, 2.05) is 0 Å². The fourth-order valence-corrected chi connectivity index (χ4v) is 2.67. The first-order valence-corrected chi connectivity index (χ1v) is 5.50. The van der Waals surface area contributed by atoms with Crippen LogP contribution in [0.25, 0.3) is 0 Å². The molecule has 5 heteroatoms. The second-order valence-electron chi connectivity index (χ2n) is 3.85. The summed E-state index contributed by atoms with van der Waals surface area (Å²) in [5.74, 6) is -2.96. The second kappa shape index (κ2) is 3.59. The molecule has 0 amide bonds. The number of hydrogen-bond donors (Lipinski definition) is 2. The minimum absolute atomic E-state index is 0.153. The molecule has 1 saturated carbocycles. The van der Waals surface area contributed by atoms with Gasteiger partial charge in [0.15, 0.2) is 0 Å². The van der Waals surface area contributed by atoms with Crippen molar-refractivity contribution in [3.05, 3.63) is 34.3 Å². The normalized spacial score (nSPS) is 27.4. The molecule has 1 aromatic rings. The van der Waals surface area contributed by atoms with Gasteiger partial charge in [-0.15, -0.1) is 0 Å². The summed E-state index contributed by atoms with van der Waals surface area (Å²) in [6.07, 6.45) is 0.153. The lowest BCUT2D eigenvalue weighted by Gasteiger charge is -2.13. The van der Waals surface area contributed by atoms with E-state index in [9.17, 15) is 14.7 Å². The van der Waals surface area contributed by atoms with Crippen molar-refractivity contribution in [1.82, 2.24) is 0 Å². The number of benzene rings is 1. The van der Waals surface area contributed by atoms with Gasteiger partial charge in [-0.3, -0.25) is 9.59 Å². The maximum absolute atomic E-state index is 11.3. The predicted octanol–water partition coefficient (Wildman–Crippen LogP) is 1.88. The lowest BCUT2D eigenvalue weighted by atomic mass is 9.93. The molecule has 1 aliphatic carbocycles. The van der Waals surface area contributed by atoms with Gasteiger partial charge >= 0.3 is 11.9 Å². The van der Waals surface area contributed by atoms with Crippen LogP contribution in [-0.4, -0.2) is 22.2 Å². The molecule has 16 heavy (non-hydrogen) atoms. The molecule has 2 atom stereocenters. The van der Waals surface area contributed by atoms with Gasteiger partial charge in [0.25, 0.3) is 0 Å². The molecule has 0 radical (unpaired) electrons. The average molecular weight is 285 g/mol. The highest BCUT2D eigenvalue weighted by molar-refractivity contribution is 9.10. The molecule has 1 aliphatic rings. The zero-order chi connectivity index (χ0) is 11.9. The van der Waals surface area contributed by atoms with Crippen LogP contribution in [0.2, 0.25) is 0 Å². The Morgan fingerprint density at radius 3 is 2.38 bits per heavy atom. The van der Waals surface area contributed by atoms with Crippen LogP contribution >= 0.6 is 15.9 Å². The Morgan fingerprint density at radius 1 is 1.31 bits per heavy atom. The van der Waals surface area contributed by atoms with E-state index in [4.69, 9.17) is 5.11 Å². The number of rotatable bonds is 3. The summed E-state index contributed by atoms with van der Waals surface area (Å²) >= 11 is 3.26. The number of hydrogen-bond acceptors (Lipinski definition) is 2. The van der Waals surface area contributed by atoms with Gasteiger partial charge in [0.05, 0.1) is 5.92 Å². The third-order valence-corrected chi connectivity index (χ3v) is 3.69. The van der Waals surface area contributed by atoms with E-state index in [1.165, 1.54) is 0 Å². The van der Waals surface area contributed by atoms with Crippen LogP contribution < -0.4 is 0 Å². The molecule has 0 aliphatic heterocycles. The molecule has 2 N–H and O–H groups in total. The summed E-state index contributed by atoms with van der Waals surface area (Å²) in [6.45, 7) is 0.